The van der Waals surface area contributed by atoms with Gasteiger partial charge in [0, 0.05) is 5.56 Å². The molecule has 0 bridgehead atoms. The Morgan fingerprint density at radius 2 is 1.66 bits per heavy atom. The summed E-state index contributed by atoms with van der Waals surface area (Å²) in [6, 6.07) is 18.6. The van der Waals surface area contributed by atoms with Crippen molar-refractivity contribution in [2.75, 3.05) is 20.8 Å². The standard InChI is InChI=1S/C24H20O5/c1-27-18-9-10-23(28-2)21(13-18)24(26)29-14-22(25)17-8-7-16-11-15-5-3-4-6-19(15)20(16)12-17/h3-10,12-13H,11,14H2,1-2H3. The molecule has 1 aliphatic carbocycles. The van der Waals surface area contributed by atoms with E-state index in [9.17, 15) is 9.59 Å². The summed E-state index contributed by atoms with van der Waals surface area (Å²) in [5, 5.41) is 0. The zero-order valence-corrected chi connectivity index (χ0v) is 16.2. The Bertz CT molecular complexity index is 1100. The Morgan fingerprint density at radius 1 is 0.862 bits per heavy atom. The van der Waals surface area contributed by atoms with Crippen molar-refractivity contribution >= 4 is 11.8 Å². The van der Waals surface area contributed by atoms with Gasteiger partial charge in [-0.2, -0.15) is 0 Å². The molecular weight excluding hydrogens is 368 g/mol. The molecule has 1 aliphatic rings. The van der Waals surface area contributed by atoms with E-state index in [0.717, 1.165) is 17.5 Å². The number of Topliss-reactive ketones (excluding diaryl/α,β-unsaturated/α-hetero) is 1. The maximum absolute atomic E-state index is 12.6. The van der Waals surface area contributed by atoms with Crippen LogP contribution < -0.4 is 9.47 Å². The topological polar surface area (TPSA) is 61.8 Å². The van der Waals surface area contributed by atoms with E-state index in [1.807, 2.05) is 24.3 Å². The van der Waals surface area contributed by atoms with Gasteiger partial charge < -0.3 is 14.2 Å². The first-order chi connectivity index (χ1) is 14.1. The van der Waals surface area contributed by atoms with Crippen molar-refractivity contribution in [1.29, 1.82) is 0 Å². The first kappa shape index (κ1) is 18.7. The van der Waals surface area contributed by atoms with Crippen LogP contribution in [0.15, 0.2) is 60.7 Å². The van der Waals surface area contributed by atoms with Crippen LogP contribution in [0.2, 0.25) is 0 Å². The number of carbonyl (C=O) groups excluding carboxylic acids is 2. The summed E-state index contributed by atoms with van der Waals surface area (Å²) in [5.41, 5.74) is 5.39. The molecule has 0 aliphatic heterocycles. The zero-order valence-electron chi connectivity index (χ0n) is 16.2. The summed E-state index contributed by atoms with van der Waals surface area (Å²) < 4.78 is 15.6. The van der Waals surface area contributed by atoms with Crippen molar-refractivity contribution in [3.63, 3.8) is 0 Å². The molecule has 5 heteroatoms. The van der Waals surface area contributed by atoms with Gasteiger partial charge in [0.2, 0.25) is 0 Å². The summed E-state index contributed by atoms with van der Waals surface area (Å²) in [6.07, 6.45) is 0.866. The van der Waals surface area contributed by atoms with Crippen LogP contribution in [0.25, 0.3) is 11.1 Å². The molecule has 0 aromatic heterocycles. The summed E-state index contributed by atoms with van der Waals surface area (Å²) in [7, 11) is 2.97. The molecule has 0 fully saturated rings. The van der Waals surface area contributed by atoms with Gasteiger partial charge in [-0.3, -0.25) is 4.79 Å². The molecule has 5 nitrogen and oxygen atoms in total. The summed E-state index contributed by atoms with van der Waals surface area (Å²) in [4.78, 5) is 25.1. The predicted molar refractivity (Wildman–Crippen MR) is 109 cm³/mol. The maximum Gasteiger partial charge on any atom is 0.342 e. The normalized spacial score (nSPS) is 11.4. The summed E-state index contributed by atoms with van der Waals surface area (Å²) in [5.74, 6) is -0.0354. The Labute approximate surface area is 168 Å². The number of ketones is 1. The number of benzene rings is 3. The van der Waals surface area contributed by atoms with E-state index in [0.29, 0.717) is 17.1 Å². The van der Waals surface area contributed by atoms with Crippen molar-refractivity contribution < 1.29 is 23.8 Å². The highest BCUT2D eigenvalue weighted by Gasteiger charge is 2.21. The van der Waals surface area contributed by atoms with Crippen molar-refractivity contribution in [3.05, 3.63) is 82.9 Å². The van der Waals surface area contributed by atoms with Gasteiger partial charge in [0.05, 0.1) is 14.2 Å². The van der Waals surface area contributed by atoms with Gasteiger partial charge in [-0.05, 0) is 52.9 Å². The van der Waals surface area contributed by atoms with Gasteiger partial charge in [-0.15, -0.1) is 0 Å². The van der Waals surface area contributed by atoms with Crippen LogP contribution in [0, 0.1) is 0 Å². The third-order valence-corrected chi connectivity index (χ3v) is 5.08. The van der Waals surface area contributed by atoms with E-state index in [1.165, 1.54) is 31.4 Å². The Hall–Kier alpha value is -3.60. The second kappa shape index (κ2) is 7.80. The largest absolute Gasteiger partial charge is 0.497 e. The Balaban J connectivity index is 1.50. The number of hydrogen-bond donors (Lipinski definition) is 0. The fourth-order valence-electron chi connectivity index (χ4n) is 3.56. The molecule has 0 spiro atoms. The number of rotatable bonds is 6. The molecule has 4 rings (SSSR count). The summed E-state index contributed by atoms with van der Waals surface area (Å²) >= 11 is 0. The fraction of sp³-hybridized carbons (Fsp3) is 0.167. The number of ether oxygens (including phenoxy) is 3. The minimum absolute atomic E-state index is 0.211. The van der Waals surface area contributed by atoms with Crippen molar-refractivity contribution in [1.82, 2.24) is 0 Å². The van der Waals surface area contributed by atoms with Gasteiger partial charge in [0.25, 0.3) is 0 Å². The highest BCUT2D eigenvalue weighted by molar-refractivity contribution is 6.01. The van der Waals surface area contributed by atoms with Crippen LogP contribution in [-0.2, 0) is 11.2 Å². The van der Waals surface area contributed by atoms with Crippen LogP contribution in [0.3, 0.4) is 0 Å². The van der Waals surface area contributed by atoms with E-state index < -0.39 is 5.97 Å². The van der Waals surface area contributed by atoms with E-state index in [1.54, 1.807) is 18.2 Å². The Kier molecular flexibility index (Phi) is 5.04. The highest BCUT2D eigenvalue weighted by Crippen LogP contribution is 2.36. The van der Waals surface area contributed by atoms with Crippen LogP contribution in [-0.4, -0.2) is 32.6 Å². The van der Waals surface area contributed by atoms with Crippen molar-refractivity contribution in [2.24, 2.45) is 0 Å². The molecule has 0 N–H and O–H groups in total. The summed E-state index contributed by atoms with van der Waals surface area (Å²) in [6.45, 7) is -0.348. The third-order valence-electron chi connectivity index (χ3n) is 5.08. The molecule has 0 saturated carbocycles. The lowest BCUT2D eigenvalue weighted by molar-refractivity contribution is 0.0471. The molecule has 0 saturated heterocycles. The second-order valence-electron chi connectivity index (χ2n) is 6.77. The molecule has 0 atom stereocenters. The highest BCUT2D eigenvalue weighted by atomic mass is 16.5. The van der Waals surface area contributed by atoms with Gasteiger partial charge in [-0.25, -0.2) is 4.79 Å². The van der Waals surface area contributed by atoms with Crippen molar-refractivity contribution in [3.8, 4) is 22.6 Å². The zero-order chi connectivity index (χ0) is 20.4. The first-order valence-electron chi connectivity index (χ1n) is 9.24. The SMILES string of the molecule is COc1ccc(OC)c(C(=O)OCC(=O)c2ccc3c(c2)-c2ccccc2C3)c1. The number of methoxy groups -OCH3 is 2. The molecular formula is C24H20O5. The first-order valence-corrected chi connectivity index (χ1v) is 9.24. The smallest absolute Gasteiger partial charge is 0.342 e. The van der Waals surface area contributed by atoms with Crippen LogP contribution >= 0.6 is 0 Å². The molecule has 0 heterocycles. The van der Waals surface area contributed by atoms with Gasteiger partial charge in [0.1, 0.15) is 17.1 Å². The Morgan fingerprint density at radius 3 is 2.45 bits per heavy atom. The minimum atomic E-state index is -0.638. The number of fused-ring (bicyclic) bond motifs is 3. The fourth-order valence-corrected chi connectivity index (χ4v) is 3.56. The minimum Gasteiger partial charge on any atom is -0.497 e. The molecule has 29 heavy (non-hydrogen) atoms. The predicted octanol–water partition coefficient (Wildman–Crippen LogP) is 4.31. The second-order valence-corrected chi connectivity index (χ2v) is 6.77. The van der Waals surface area contributed by atoms with Crippen LogP contribution in [0.4, 0.5) is 0 Å². The monoisotopic (exact) mass is 388 g/mol. The lowest BCUT2D eigenvalue weighted by Gasteiger charge is -2.10. The molecule has 3 aromatic rings. The molecule has 0 radical (unpaired) electrons. The van der Waals surface area contributed by atoms with E-state index in [2.05, 4.69) is 12.1 Å². The van der Waals surface area contributed by atoms with E-state index >= 15 is 0 Å². The lowest BCUT2D eigenvalue weighted by Crippen LogP contribution is -2.15. The number of carbonyl (C=O) groups is 2. The molecule has 0 amide bonds. The number of esters is 1. The van der Waals surface area contributed by atoms with Gasteiger partial charge in [-0.1, -0.05) is 36.4 Å². The van der Waals surface area contributed by atoms with Crippen molar-refractivity contribution in [2.45, 2.75) is 6.42 Å². The maximum atomic E-state index is 12.6. The van der Waals surface area contributed by atoms with Crippen LogP contribution in [0.1, 0.15) is 31.8 Å². The molecule has 3 aromatic carbocycles. The number of hydrogen-bond acceptors (Lipinski definition) is 5. The van der Waals surface area contributed by atoms with Crippen LogP contribution in [0.5, 0.6) is 11.5 Å². The van der Waals surface area contributed by atoms with Gasteiger partial charge >= 0.3 is 5.97 Å². The van der Waals surface area contributed by atoms with E-state index in [4.69, 9.17) is 14.2 Å². The quantitative estimate of drug-likeness (QED) is 0.364. The molecule has 146 valence electrons. The lowest BCUT2D eigenvalue weighted by atomic mass is 10.0. The average Bonchev–Trinajstić information content (AvgIpc) is 3.14. The molecule has 0 unspecified atom stereocenters. The third kappa shape index (κ3) is 3.59. The average molecular weight is 388 g/mol. The van der Waals surface area contributed by atoms with E-state index in [-0.39, 0.29) is 18.0 Å². The van der Waals surface area contributed by atoms with Gasteiger partial charge in [0.15, 0.2) is 12.4 Å².